The van der Waals surface area contributed by atoms with E-state index in [1.165, 1.54) is 19.4 Å². The molecular weight excluding hydrogens is 234 g/mol. The molecule has 2 nitrogen and oxygen atoms in total. The van der Waals surface area contributed by atoms with E-state index < -0.39 is 0 Å². The minimum atomic E-state index is 0.525. The fourth-order valence-electron chi connectivity index (χ4n) is 2.62. The van der Waals surface area contributed by atoms with E-state index in [2.05, 4.69) is 30.6 Å². The second-order valence-electron chi connectivity index (χ2n) is 5.31. The van der Waals surface area contributed by atoms with Gasteiger partial charge in [-0.05, 0) is 45.4 Å². The Morgan fingerprint density at radius 2 is 2.11 bits per heavy atom. The Balaban J connectivity index is 1.71. The van der Waals surface area contributed by atoms with Crippen molar-refractivity contribution in [2.45, 2.75) is 38.8 Å². The van der Waals surface area contributed by atoms with E-state index in [0.717, 1.165) is 12.2 Å². The second-order valence-corrected chi connectivity index (χ2v) is 5.31. The van der Waals surface area contributed by atoms with Gasteiger partial charge < -0.3 is 4.74 Å². The van der Waals surface area contributed by atoms with E-state index in [-0.39, 0.29) is 0 Å². The van der Waals surface area contributed by atoms with Crippen molar-refractivity contribution < 1.29 is 4.74 Å². The molecule has 1 aromatic carbocycles. The summed E-state index contributed by atoms with van der Waals surface area (Å²) < 4.78 is 5.70. The Labute approximate surface area is 116 Å². The van der Waals surface area contributed by atoms with Crippen LogP contribution < -0.4 is 0 Å². The van der Waals surface area contributed by atoms with Crippen LogP contribution in [0.15, 0.2) is 30.3 Å². The molecule has 1 atom stereocenters. The highest BCUT2D eigenvalue weighted by Gasteiger charge is 2.26. The van der Waals surface area contributed by atoms with Gasteiger partial charge in [0.25, 0.3) is 0 Å². The van der Waals surface area contributed by atoms with Gasteiger partial charge >= 0.3 is 0 Å². The predicted octanol–water partition coefficient (Wildman–Crippen LogP) is 2.93. The molecule has 0 aromatic heterocycles. The zero-order chi connectivity index (χ0) is 13.5. The molecule has 0 aliphatic carbocycles. The lowest BCUT2D eigenvalue weighted by molar-refractivity contribution is 0.0830. The van der Waals surface area contributed by atoms with Crippen LogP contribution in [0, 0.1) is 11.8 Å². The van der Waals surface area contributed by atoms with Gasteiger partial charge in [0.2, 0.25) is 0 Å². The van der Waals surface area contributed by atoms with Gasteiger partial charge in [0.15, 0.2) is 0 Å². The van der Waals surface area contributed by atoms with Crippen molar-refractivity contribution in [3.63, 3.8) is 0 Å². The van der Waals surface area contributed by atoms with Gasteiger partial charge in [-0.2, -0.15) is 0 Å². The van der Waals surface area contributed by atoms with Crippen molar-refractivity contribution >= 4 is 0 Å². The van der Waals surface area contributed by atoms with Crippen LogP contribution in [0.25, 0.3) is 0 Å². The molecular formula is C17H23NO. The number of ether oxygens (including phenoxy) is 1. The quantitative estimate of drug-likeness (QED) is 0.607. The molecule has 2 rings (SSSR count). The summed E-state index contributed by atoms with van der Waals surface area (Å²) >= 11 is 0. The van der Waals surface area contributed by atoms with Gasteiger partial charge in [-0.25, -0.2) is 0 Å². The summed E-state index contributed by atoms with van der Waals surface area (Å²) in [5, 5.41) is 0. The van der Waals surface area contributed by atoms with Crippen LogP contribution in [0.1, 0.15) is 32.3 Å². The molecule has 1 heterocycles. The molecule has 1 unspecified atom stereocenters. The third kappa shape index (κ3) is 4.38. The fourth-order valence-corrected chi connectivity index (χ4v) is 2.62. The highest BCUT2D eigenvalue weighted by atomic mass is 16.5. The first-order valence-electron chi connectivity index (χ1n) is 7.15. The first kappa shape index (κ1) is 14.1. The molecule has 102 valence electrons. The average molecular weight is 257 g/mol. The van der Waals surface area contributed by atoms with Gasteiger partial charge in [-0.3, -0.25) is 4.90 Å². The standard InChI is InChI=1S/C17H23NO/c1-15(2)18-12-6-11-17(18)14-19-13-7-10-16-8-4-3-5-9-16/h3-5,8-9,15,17H,6,11-14H2,1-2H3. The summed E-state index contributed by atoms with van der Waals surface area (Å²) in [7, 11) is 0. The molecule has 19 heavy (non-hydrogen) atoms. The minimum absolute atomic E-state index is 0.525. The normalized spacial score (nSPS) is 19.4. The molecule has 1 saturated heterocycles. The Morgan fingerprint density at radius 1 is 1.32 bits per heavy atom. The Bertz CT molecular complexity index is 430. The molecule has 0 bridgehead atoms. The number of hydrogen-bond acceptors (Lipinski definition) is 2. The fraction of sp³-hybridized carbons (Fsp3) is 0.529. The van der Waals surface area contributed by atoms with Crippen LogP contribution in [0.2, 0.25) is 0 Å². The Kier molecular flexibility index (Phi) is 5.44. The van der Waals surface area contributed by atoms with Crippen molar-refractivity contribution in [1.29, 1.82) is 0 Å². The molecule has 0 spiro atoms. The number of likely N-dealkylation sites (tertiary alicyclic amines) is 1. The van der Waals surface area contributed by atoms with E-state index in [1.807, 2.05) is 30.3 Å². The highest BCUT2D eigenvalue weighted by molar-refractivity contribution is 5.33. The van der Waals surface area contributed by atoms with E-state index in [0.29, 0.717) is 18.7 Å². The minimum Gasteiger partial charge on any atom is -0.367 e. The van der Waals surface area contributed by atoms with Gasteiger partial charge in [0, 0.05) is 17.6 Å². The summed E-state index contributed by atoms with van der Waals surface area (Å²) in [5.41, 5.74) is 1.05. The number of benzene rings is 1. The average Bonchev–Trinajstić information content (AvgIpc) is 2.88. The third-order valence-electron chi connectivity index (χ3n) is 3.58. The lowest BCUT2D eigenvalue weighted by Gasteiger charge is -2.27. The molecule has 0 saturated carbocycles. The second kappa shape index (κ2) is 7.33. The van der Waals surface area contributed by atoms with Gasteiger partial charge in [0.05, 0.1) is 6.61 Å². The van der Waals surface area contributed by atoms with Crippen molar-refractivity contribution in [1.82, 2.24) is 4.90 Å². The lowest BCUT2D eigenvalue weighted by atomic mass is 10.2. The molecule has 0 radical (unpaired) electrons. The topological polar surface area (TPSA) is 12.5 Å². The van der Waals surface area contributed by atoms with Crippen LogP contribution >= 0.6 is 0 Å². The van der Waals surface area contributed by atoms with E-state index >= 15 is 0 Å². The number of hydrogen-bond donors (Lipinski definition) is 0. The van der Waals surface area contributed by atoms with Gasteiger partial charge in [-0.15, -0.1) is 0 Å². The van der Waals surface area contributed by atoms with Crippen LogP contribution in [0.5, 0.6) is 0 Å². The summed E-state index contributed by atoms with van der Waals surface area (Å²) in [4.78, 5) is 2.53. The van der Waals surface area contributed by atoms with E-state index in [1.54, 1.807) is 0 Å². The smallest absolute Gasteiger partial charge is 0.108 e. The monoisotopic (exact) mass is 257 g/mol. The highest BCUT2D eigenvalue weighted by Crippen LogP contribution is 2.19. The van der Waals surface area contributed by atoms with Gasteiger partial charge in [0.1, 0.15) is 6.61 Å². The van der Waals surface area contributed by atoms with Crippen LogP contribution in [-0.2, 0) is 4.74 Å². The maximum absolute atomic E-state index is 5.70. The molecule has 2 heteroatoms. The zero-order valence-corrected chi connectivity index (χ0v) is 11.9. The Hall–Kier alpha value is -1.30. The third-order valence-corrected chi connectivity index (χ3v) is 3.58. The lowest BCUT2D eigenvalue weighted by Crippen LogP contribution is -2.38. The molecule has 1 aliphatic rings. The van der Waals surface area contributed by atoms with Crippen LogP contribution in [-0.4, -0.2) is 36.7 Å². The predicted molar refractivity (Wildman–Crippen MR) is 79.0 cm³/mol. The zero-order valence-electron chi connectivity index (χ0n) is 11.9. The molecule has 0 N–H and O–H groups in total. The summed E-state index contributed by atoms with van der Waals surface area (Å²) in [6.07, 6.45) is 2.55. The summed E-state index contributed by atoms with van der Waals surface area (Å²) in [6, 6.07) is 11.2. The SMILES string of the molecule is CC(C)N1CCCC1COCC#Cc1ccccc1. The first-order chi connectivity index (χ1) is 9.27. The van der Waals surface area contributed by atoms with Crippen molar-refractivity contribution in [3.05, 3.63) is 35.9 Å². The molecule has 1 aromatic rings. The summed E-state index contributed by atoms with van der Waals surface area (Å²) in [6.45, 7) is 7.06. The molecule has 1 fully saturated rings. The van der Waals surface area contributed by atoms with Gasteiger partial charge in [-0.1, -0.05) is 30.0 Å². The van der Waals surface area contributed by atoms with E-state index in [9.17, 15) is 0 Å². The maximum Gasteiger partial charge on any atom is 0.108 e. The first-order valence-corrected chi connectivity index (χ1v) is 7.15. The van der Waals surface area contributed by atoms with Crippen molar-refractivity contribution in [2.24, 2.45) is 0 Å². The van der Waals surface area contributed by atoms with Crippen molar-refractivity contribution in [2.75, 3.05) is 19.8 Å². The van der Waals surface area contributed by atoms with Crippen LogP contribution in [0.3, 0.4) is 0 Å². The largest absolute Gasteiger partial charge is 0.367 e. The van der Waals surface area contributed by atoms with Crippen LogP contribution in [0.4, 0.5) is 0 Å². The van der Waals surface area contributed by atoms with Crippen molar-refractivity contribution in [3.8, 4) is 11.8 Å². The molecule has 0 amide bonds. The molecule has 1 aliphatic heterocycles. The Morgan fingerprint density at radius 3 is 2.84 bits per heavy atom. The maximum atomic E-state index is 5.70. The summed E-state index contributed by atoms with van der Waals surface area (Å²) in [5.74, 6) is 6.19. The number of nitrogens with zero attached hydrogens (tertiary/aromatic N) is 1. The van der Waals surface area contributed by atoms with E-state index in [4.69, 9.17) is 4.74 Å². The number of rotatable bonds is 4.